The van der Waals surface area contributed by atoms with Gasteiger partial charge in [-0.25, -0.2) is 0 Å². The number of rotatable bonds is 5. The zero-order valence-electron chi connectivity index (χ0n) is 21.6. The topological polar surface area (TPSA) is 71.5 Å². The van der Waals surface area contributed by atoms with Crippen LogP contribution in [0.3, 0.4) is 0 Å². The molecule has 0 aromatic heterocycles. The summed E-state index contributed by atoms with van der Waals surface area (Å²) in [7, 11) is 3.41. The van der Waals surface area contributed by atoms with E-state index in [1.54, 1.807) is 19.1 Å². The number of hydrogen-bond donors (Lipinski definition) is 0. The van der Waals surface area contributed by atoms with Gasteiger partial charge in [-0.15, -0.1) is 0 Å². The van der Waals surface area contributed by atoms with E-state index >= 15 is 0 Å². The van der Waals surface area contributed by atoms with Crippen LogP contribution in [0.2, 0.25) is 0 Å². The second-order valence-electron chi connectivity index (χ2n) is 9.99. The number of methoxy groups -OCH3 is 1. The average Bonchev–Trinajstić information content (AvgIpc) is 3.43. The standard InChI is InChI=1S/C30H31N3O5/c1-31-28(21-8-10-22(36-2)11-9-21)27(23-5-3-4-6-24(23)29(31)34)30(35)33-15-13-32(14-16-33)18-20-7-12-25-26(17-20)38-19-37-25/h3-12,17,27-28H,13-16,18-19H2,1-2H3/t27-,28+/m0/s1. The van der Waals surface area contributed by atoms with Gasteiger partial charge in [0.05, 0.1) is 19.1 Å². The number of carbonyl (C=O) groups excluding carboxylic acids is 2. The van der Waals surface area contributed by atoms with Crippen LogP contribution in [0.5, 0.6) is 17.2 Å². The fraction of sp³-hybridized carbons (Fsp3) is 0.333. The lowest BCUT2D eigenvalue weighted by atomic mass is 9.79. The van der Waals surface area contributed by atoms with Crippen LogP contribution in [-0.4, -0.2) is 73.6 Å². The molecule has 0 aliphatic carbocycles. The molecule has 2 amide bonds. The van der Waals surface area contributed by atoms with E-state index in [2.05, 4.69) is 11.0 Å². The molecule has 0 unspecified atom stereocenters. The van der Waals surface area contributed by atoms with Gasteiger partial charge in [-0.3, -0.25) is 14.5 Å². The Kier molecular flexibility index (Phi) is 6.41. The normalized spacial score (nSPS) is 20.8. The van der Waals surface area contributed by atoms with E-state index in [0.29, 0.717) is 18.7 Å². The molecule has 6 rings (SSSR count). The number of fused-ring (bicyclic) bond motifs is 2. The predicted octanol–water partition coefficient (Wildman–Crippen LogP) is 3.68. The van der Waals surface area contributed by atoms with E-state index in [4.69, 9.17) is 14.2 Å². The summed E-state index contributed by atoms with van der Waals surface area (Å²) < 4.78 is 16.3. The van der Waals surface area contributed by atoms with Crippen molar-refractivity contribution < 1.29 is 23.8 Å². The van der Waals surface area contributed by atoms with Gasteiger partial charge in [-0.1, -0.05) is 36.4 Å². The van der Waals surface area contributed by atoms with Crippen LogP contribution in [0.4, 0.5) is 0 Å². The van der Waals surface area contributed by atoms with Gasteiger partial charge in [-0.05, 0) is 47.0 Å². The minimum Gasteiger partial charge on any atom is -0.497 e. The van der Waals surface area contributed by atoms with Crippen LogP contribution in [0.1, 0.15) is 39.0 Å². The van der Waals surface area contributed by atoms with Crippen LogP contribution in [0.15, 0.2) is 66.7 Å². The molecule has 196 valence electrons. The number of piperazine rings is 1. The Balaban J connectivity index is 1.22. The lowest BCUT2D eigenvalue weighted by molar-refractivity contribution is -0.136. The van der Waals surface area contributed by atoms with Crippen LogP contribution >= 0.6 is 0 Å². The third-order valence-corrected chi connectivity index (χ3v) is 7.83. The molecule has 0 radical (unpaired) electrons. The maximum atomic E-state index is 14.2. The Labute approximate surface area is 222 Å². The molecule has 8 nitrogen and oxygen atoms in total. The van der Waals surface area contributed by atoms with E-state index in [1.807, 2.05) is 65.6 Å². The van der Waals surface area contributed by atoms with Crippen LogP contribution in [-0.2, 0) is 11.3 Å². The number of ether oxygens (including phenoxy) is 3. The predicted molar refractivity (Wildman–Crippen MR) is 141 cm³/mol. The summed E-state index contributed by atoms with van der Waals surface area (Å²) in [5.41, 5.74) is 3.47. The number of carbonyl (C=O) groups is 2. The number of hydrogen-bond acceptors (Lipinski definition) is 6. The van der Waals surface area contributed by atoms with Crippen LogP contribution in [0.25, 0.3) is 0 Å². The highest BCUT2D eigenvalue weighted by Gasteiger charge is 2.44. The maximum absolute atomic E-state index is 14.2. The molecule has 3 aromatic carbocycles. The molecular weight excluding hydrogens is 482 g/mol. The van der Waals surface area contributed by atoms with Gasteiger partial charge in [0.25, 0.3) is 5.91 Å². The lowest BCUT2D eigenvalue weighted by Gasteiger charge is -2.43. The third kappa shape index (κ3) is 4.35. The Morgan fingerprint density at radius 1 is 0.947 bits per heavy atom. The highest BCUT2D eigenvalue weighted by Crippen LogP contribution is 2.43. The maximum Gasteiger partial charge on any atom is 0.254 e. The summed E-state index contributed by atoms with van der Waals surface area (Å²) in [6, 6.07) is 20.8. The van der Waals surface area contributed by atoms with E-state index < -0.39 is 12.0 Å². The second-order valence-corrected chi connectivity index (χ2v) is 9.99. The summed E-state index contributed by atoms with van der Waals surface area (Å²) in [5, 5.41) is 0. The first-order valence-electron chi connectivity index (χ1n) is 12.9. The molecular formula is C30H31N3O5. The largest absolute Gasteiger partial charge is 0.497 e. The average molecular weight is 514 g/mol. The Morgan fingerprint density at radius 2 is 1.68 bits per heavy atom. The molecule has 1 fully saturated rings. The number of amides is 2. The highest BCUT2D eigenvalue weighted by atomic mass is 16.7. The summed E-state index contributed by atoms with van der Waals surface area (Å²) in [5.74, 6) is 1.81. The minimum absolute atomic E-state index is 0.0559. The van der Waals surface area contributed by atoms with Gasteiger partial charge in [0, 0.05) is 45.3 Å². The van der Waals surface area contributed by atoms with Crippen LogP contribution in [0, 0.1) is 0 Å². The second kappa shape index (κ2) is 10.0. The third-order valence-electron chi connectivity index (χ3n) is 7.83. The Morgan fingerprint density at radius 3 is 2.45 bits per heavy atom. The molecule has 0 N–H and O–H groups in total. The molecule has 1 saturated heterocycles. The Bertz CT molecular complexity index is 1350. The fourth-order valence-electron chi connectivity index (χ4n) is 5.78. The molecule has 3 aliphatic heterocycles. The molecule has 0 saturated carbocycles. The zero-order valence-corrected chi connectivity index (χ0v) is 21.6. The van der Waals surface area contributed by atoms with Gasteiger partial charge in [-0.2, -0.15) is 0 Å². The highest BCUT2D eigenvalue weighted by molar-refractivity contribution is 6.01. The Hall–Kier alpha value is -4.04. The van der Waals surface area contributed by atoms with Gasteiger partial charge in [0.15, 0.2) is 11.5 Å². The first-order valence-corrected chi connectivity index (χ1v) is 12.9. The summed E-state index contributed by atoms with van der Waals surface area (Å²) in [6.45, 7) is 3.87. The van der Waals surface area contributed by atoms with E-state index in [-0.39, 0.29) is 18.6 Å². The molecule has 2 atom stereocenters. The van der Waals surface area contributed by atoms with Gasteiger partial charge < -0.3 is 24.0 Å². The van der Waals surface area contributed by atoms with Gasteiger partial charge >= 0.3 is 0 Å². The molecule has 3 heterocycles. The summed E-state index contributed by atoms with van der Waals surface area (Å²) in [6.07, 6.45) is 0. The first kappa shape index (κ1) is 24.3. The summed E-state index contributed by atoms with van der Waals surface area (Å²) >= 11 is 0. The minimum atomic E-state index is -0.484. The summed E-state index contributed by atoms with van der Waals surface area (Å²) in [4.78, 5) is 33.5. The van der Waals surface area contributed by atoms with Crippen molar-refractivity contribution in [3.05, 3.63) is 89.0 Å². The van der Waals surface area contributed by atoms with E-state index in [0.717, 1.165) is 53.6 Å². The van der Waals surface area contributed by atoms with E-state index in [9.17, 15) is 9.59 Å². The van der Waals surface area contributed by atoms with Crippen molar-refractivity contribution in [2.75, 3.05) is 47.1 Å². The van der Waals surface area contributed by atoms with Gasteiger partial charge in [0.2, 0.25) is 12.7 Å². The quantitative estimate of drug-likeness (QED) is 0.519. The molecule has 8 heteroatoms. The SMILES string of the molecule is COc1ccc([C@@H]2[C@@H](C(=O)N3CCN(Cc4ccc5c(c4)OCO5)CC3)c3ccccc3C(=O)N2C)cc1. The van der Waals surface area contributed by atoms with Gasteiger partial charge in [0.1, 0.15) is 5.75 Å². The van der Waals surface area contributed by atoms with Crippen molar-refractivity contribution in [2.45, 2.75) is 18.5 Å². The monoisotopic (exact) mass is 513 g/mol. The lowest BCUT2D eigenvalue weighted by Crippen LogP contribution is -2.52. The van der Waals surface area contributed by atoms with Crippen molar-refractivity contribution >= 4 is 11.8 Å². The van der Waals surface area contributed by atoms with Crippen molar-refractivity contribution in [1.82, 2.24) is 14.7 Å². The fourth-order valence-corrected chi connectivity index (χ4v) is 5.78. The number of likely N-dealkylation sites (N-methyl/N-ethyl adjacent to an activating group) is 1. The smallest absolute Gasteiger partial charge is 0.254 e. The number of nitrogens with zero attached hydrogens (tertiary/aromatic N) is 3. The van der Waals surface area contributed by atoms with Crippen molar-refractivity contribution in [1.29, 1.82) is 0 Å². The van der Waals surface area contributed by atoms with Crippen molar-refractivity contribution in [2.24, 2.45) is 0 Å². The molecule has 38 heavy (non-hydrogen) atoms. The van der Waals surface area contributed by atoms with Crippen LogP contribution < -0.4 is 14.2 Å². The molecule has 0 bridgehead atoms. The molecule has 0 spiro atoms. The van der Waals surface area contributed by atoms with Crippen molar-refractivity contribution in [3.63, 3.8) is 0 Å². The molecule has 3 aromatic rings. The van der Waals surface area contributed by atoms with E-state index in [1.165, 1.54) is 0 Å². The molecule has 3 aliphatic rings. The van der Waals surface area contributed by atoms with Crippen molar-refractivity contribution in [3.8, 4) is 17.2 Å². The number of benzene rings is 3. The zero-order chi connectivity index (χ0) is 26.2. The first-order chi connectivity index (χ1) is 18.5.